The zero-order chi connectivity index (χ0) is 18.5. The molecule has 7 nitrogen and oxygen atoms in total. The fraction of sp³-hybridized carbons (Fsp3) is 0.526. The van der Waals surface area contributed by atoms with Gasteiger partial charge in [0.1, 0.15) is 0 Å². The van der Waals surface area contributed by atoms with E-state index in [1.165, 1.54) is 0 Å². The first-order valence-corrected chi connectivity index (χ1v) is 9.23. The average Bonchev–Trinajstić information content (AvgIpc) is 2.65. The van der Waals surface area contributed by atoms with Crippen molar-refractivity contribution in [1.29, 1.82) is 0 Å². The maximum Gasteiger partial charge on any atom is 0.272 e. The maximum absolute atomic E-state index is 12.5. The van der Waals surface area contributed by atoms with Gasteiger partial charge in [0.15, 0.2) is 0 Å². The Morgan fingerprint density at radius 2 is 1.92 bits per heavy atom. The number of rotatable bonds is 6. The van der Waals surface area contributed by atoms with Gasteiger partial charge in [0, 0.05) is 44.2 Å². The van der Waals surface area contributed by atoms with Crippen molar-refractivity contribution < 1.29 is 4.79 Å². The largest absolute Gasteiger partial charge is 0.352 e. The molecule has 7 heteroatoms. The van der Waals surface area contributed by atoms with Gasteiger partial charge < -0.3 is 10.2 Å². The third kappa shape index (κ3) is 4.47. The van der Waals surface area contributed by atoms with Crippen LogP contribution in [0.1, 0.15) is 19.0 Å². The average molecular weight is 357 g/mol. The summed E-state index contributed by atoms with van der Waals surface area (Å²) in [6.45, 7) is 7.17. The molecule has 3 rings (SSSR count). The number of hydrogen-bond donors (Lipinski definition) is 2. The molecule has 1 aliphatic heterocycles. The maximum atomic E-state index is 12.5. The van der Waals surface area contributed by atoms with Crippen molar-refractivity contribution >= 4 is 16.7 Å². The third-order valence-corrected chi connectivity index (χ3v) is 5.04. The summed E-state index contributed by atoms with van der Waals surface area (Å²) < 4.78 is 0. The van der Waals surface area contributed by atoms with Gasteiger partial charge in [-0.3, -0.25) is 14.5 Å². The van der Waals surface area contributed by atoms with E-state index in [-0.39, 0.29) is 23.9 Å². The van der Waals surface area contributed by atoms with Gasteiger partial charge >= 0.3 is 0 Å². The molecular weight excluding hydrogens is 330 g/mol. The number of aromatic amines is 1. The van der Waals surface area contributed by atoms with E-state index in [4.69, 9.17) is 0 Å². The van der Waals surface area contributed by atoms with Gasteiger partial charge in [-0.15, -0.1) is 0 Å². The summed E-state index contributed by atoms with van der Waals surface area (Å²) in [5.74, 6) is -0.0596. The lowest BCUT2D eigenvalue weighted by Gasteiger charge is -2.34. The number of carbonyl (C=O) groups excluding carboxylic acids is 1. The van der Waals surface area contributed by atoms with Crippen molar-refractivity contribution in [3.8, 4) is 0 Å². The second-order valence-corrected chi connectivity index (χ2v) is 7.00. The molecule has 1 unspecified atom stereocenters. The van der Waals surface area contributed by atoms with Crippen molar-refractivity contribution in [2.45, 2.75) is 25.8 Å². The Kier molecular flexibility index (Phi) is 6.00. The molecule has 0 aliphatic carbocycles. The zero-order valence-electron chi connectivity index (χ0n) is 15.5. The fourth-order valence-corrected chi connectivity index (χ4v) is 3.36. The SMILES string of the molecule is CCC(CN1CCN(C)CC1)NC(=O)Cc1n[nH]c(=O)c2ccccc12. The second-order valence-electron chi connectivity index (χ2n) is 7.00. The van der Waals surface area contributed by atoms with Gasteiger partial charge in [-0.05, 0) is 19.5 Å². The highest BCUT2D eigenvalue weighted by atomic mass is 16.1. The van der Waals surface area contributed by atoms with Crippen LogP contribution in [0, 0.1) is 0 Å². The Hall–Kier alpha value is -2.25. The van der Waals surface area contributed by atoms with E-state index in [1.54, 1.807) is 6.07 Å². The second kappa shape index (κ2) is 8.42. The minimum Gasteiger partial charge on any atom is -0.352 e. The van der Waals surface area contributed by atoms with Crippen LogP contribution in [-0.2, 0) is 11.2 Å². The lowest BCUT2D eigenvalue weighted by Crippen LogP contribution is -2.50. The van der Waals surface area contributed by atoms with E-state index in [0.717, 1.165) is 44.5 Å². The minimum atomic E-state index is -0.230. The lowest BCUT2D eigenvalue weighted by molar-refractivity contribution is -0.121. The first kappa shape index (κ1) is 18.5. The molecular formula is C19H27N5O2. The van der Waals surface area contributed by atoms with E-state index in [0.29, 0.717) is 11.1 Å². The molecule has 1 saturated heterocycles. The summed E-state index contributed by atoms with van der Waals surface area (Å²) in [5.41, 5.74) is 0.374. The number of fused-ring (bicyclic) bond motifs is 1. The van der Waals surface area contributed by atoms with Crippen LogP contribution in [-0.4, -0.2) is 71.7 Å². The first-order chi connectivity index (χ1) is 12.6. The van der Waals surface area contributed by atoms with E-state index in [2.05, 4.69) is 39.3 Å². The van der Waals surface area contributed by atoms with E-state index >= 15 is 0 Å². The fourth-order valence-electron chi connectivity index (χ4n) is 3.36. The Morgan fingerprint density at radius 1 is 1.23 bits per heavy atom. The molecule has 0 spiro atoms. The quantitative estimate of drug-likeness (QED) is 0.792. The highest BCUT2D eigenvalue weighted by molar-refractivity contribution is 5.88. The molecule has 2 aromatic rings. The van der Waals surface area contributed by atoms with Gasteiger partial charge in [-0.2, -0.15) is 5.10 Å². The van der Waals surface area contributed by atoms with Crippen molar-refractivity contribution in [2.75, 3.05) is 39.8 Å². The molecule has 2 N–H and O–H groups in total. The first-order valence-electron chi connectivity index (χ1n) is 9.23. The van der Waals surface area contributed by atoms with E-state index in [1.807, 2.05) is 18.2 Å². The summed E-state index contributed by atoms with van der Waals surface area (Å²) in [5, 5.41) is 11.0. The van der Waals surface area contributed by atoms with E-state index in [9.17, 15) is 9.59 Å². The number of nitrogens with one attached hydrogen (secondary N) is 2. The van der Waals surface area contributed by atoms with Crippen LogP contribution in [0.15, 0.2) is 29.1 Å². The summed E-state index contributed by atoms with van der Waals surface area (Å²) in [6, 6.07) is 7.37. The van der Waals surface area contributed by atoms with E-state index < -0.39 is 0 Å². The number of carbonyl (C=O) groups is 1. The lowest BCUT2D eigenvalue weighted by atomic mass is 10.1. The molecule has 1 aromatic heterocycles. The Morgan fingerprint density at radius 3 is 2.62 bits per heavy atom. The van der Waals surface area contributed by atoms with Crippen LogP contribution in [0.3, 0.4) is 0 Å². The molecule has 1 aliphatic rings. The van der Waals surface area contributed by atoms with Crippen LogP contribution in [0.5, 0.6) is 0 Å². The normalized spacial score (nSPS) is 17.3. The number of H-pyrrole nitrogens is 1. The van der Waals surface area contributed by atoms with Gasteiger partial charge in [0.2, 0.25) is 5.91 Å². The van der Waals surface area contributed by atoms with Gasteiger partial charge in [0.05, 0.1) is 17.5 Å². The number of aromatic nitrogens is 2. The number of nitrogens with zero attached hydrogens (tertiary/aromatic N) is 3. The van der Waals surface area contributed by atoms with Crippen LogP contribution in [0.25, 0.3) is 10.8 Å². The Labute approximate surface area is 153 Å². The number of hydrogen-bond acceptors (Lipinski definition) is 5. The monoisotopic (exact) mass is 357 g/mol. The standard InChI is InChI=1S/C19H27N5O2/c1-3-14(13-24-10-8-23(2)9-11-24)20-18(25)12-17-15-6-4-5-7-16(15)19(26)22-21-17/h4-7,14H,3,8-13H2,1-2H3,(H,20,25)(H,22,26). The summed E-state index contributed by atoms with van der Waals surface area (Å²) in [4.78, 5) is 29.1. The highest BCUT2D eigenvalue weighted by Crippen LogP contribution is 2.13. The van der Waals surface area contributed by atoms with Crippen LogP contribution >= 0.6 is 0 Å². The minimum absolute atomic E-state index is 0.0596. The predicted octanol–water partition coefficient (Wildman–Crippen LogP) is 0.608. The van der Waals surface area contributed by atoms with Crippen molar-refractivity contribution in [2.24, 2.45) is 0 Å². The predicted molar refractivity (Wildman–Crippen MR) is 102 cm³/mol. The van der Waals surface area contributed by atoms with Gasteiger partial charge in [-0.25, -0.2) is 5.10 Å². The summed E-state index contributed by atoms with van der Waals surface area (Å²) in [6.07, 6.45) is 1.05. The molecule has 0 bridgehead atoms. The van der Waals surface area contributed by atoms with Crippen LogP contribution in [0.2, 0.25) is 0 Å². The van der Waals surface area contributed by atoms with Crippen LogP contribution < -0.4 is 10.9 Å². The molecule has 0 saturated carbocycles. The Balaban J connectivity index is 1.63. The number of piperazine rings is 1. The molecule has 140 valence electrons. The number of benzene rings is 1. The number of amides is 1. The number of likely N-dealkylation sites (N-methyl/N-ethyl adjacent to an activating group) is 1. The third-order valence-electron chi connectivity index (χ3n) is 5.04. The molecule has 26 heavy (non-hydrogen) atoms. The molecule has 0 radical (unpaired) electrons. The van der Waals surface area contributed by atoms with Crippen molar-refractivity contribution in [3.63, 3.8) is 0 Å². The Bertz CT molecular complexity index is 811. The van der Waals surface area contributed by atoms with Crippen LogP contribution in [0.4, 0.5) is 0 Å². The topological polar surface area (TPSA) is 81.3 Å². The molecule has 1 amide bonds. The zero-order valence-corrected chi connectivity index (χ0v) is 15.5. The van der Waals surface area contributed by atoms with Crippen molar-refractivity contribution in [3.05, 3.63) is 40.3 Å². The van der Waals surface area contributed by atoms with Crippen molar-refractivity contribution in [1.82, 2.24) is 25.3 Å². The molecule has 2 heterocycles. The van der Waals surface area contributed by atoms with Gasteiger partial charge in [-0.1, -0.05) is 25.1 Å². The summed E-state index contributed by atoms with van der Waals surface area (Å²) >= 11 is 0. The molecule has 1 atom stereocenters. The molecule has 1 fully saturated rings. The smallest absolute Gasteiger partial charge is 0.272 e. The van der Waals surface area contributed by atoms with Gasteiger partial charge in [0.25, 0.3) is 5.56 Å². The molecule has 1 aromatic carbocycles. The summed E-state index contributed by atoms with van der Waals surface area (Å²) in [7, 11) is 2.14. The highest BCUT2D eigenvalue weighted by Gasteiger charge is 2.19.